The topological polar surface area (TPSA) is 79.0 Å². The second kappa shape index (κ2) is 10.7. The number of hydrogen-bond donors (Lipinski definition) is 1. The number of benzene rings is 2. The molecule has 0 radical (unpaired) electrons. The number of amides is 1. The predicted octanol–water partition coefficient (Wildman–Crippen LogP) is 3.72. The Hall–Kier alpha value is -2.42. The van der Waals surface area contributed by atoms with Gasteiger partial charge in [0.15, 0.2) is 0 Å². The van der Waals surface area contributed by atoms with E-state index in [2.05, 4.69) is 22.3 Å². The number of nitrogens with zero attached hydrogens (tertiary/aromatic N) is 2. The van der Waals surface area contributed by atoms with E-state index in [1.807, 2.05) is 25.1 Å². The summed E-state index contributed by atoms with van der Waals surface area (Å²) in [6.07, 6.45) is 3.51. The number of ether oxygens (including phenoxy) is 1. The van der Waals surface area contributed by atoms with E-state index in [0.717, 1.165) is 38.8 Å². The summed E-state index contributed by atoms with van der Waals surface area (Å²) >= 11 is 0. The van der Waals surface area contributed by atoms with Crippen molar-refractivity contribution in [3.63, 3.8) is 0 Å². The molecule has 4 rings (SSSR count). The second-order valence-electron chi connectivity index (χ2n) is 8.75. The van der Waals surface area contributed by atoms with E-state index >= 15 is 0 Å². The van der Waals surface area contributed by atoms with Gasteiger partial charge in [0.1, 0.15) is 10.6 Å². The molecular weight excluding hydrogens is 438 g/mol. The van der Waals surface area contributed by atoms with E-state index in [-0.39, 0.29) is 16.7 Å². The molecule has 0 saturated carbocycles. The first-order valence-electron chi connectivity index (χ1n) is 11.8. The molecule has 2 aromatic carbocycles. The highest BCUT2D eigenvalue weighted by molar-refractivity contribution is 7.89. The normalized spacial score (nSPS) is 20.0. The van der Waals surface area contributed by atoms with Crippen molar-refractivity contribution in [3.05, 3.63) is 54.1 Å². The SMILES string of the molecule is CCOc1ccc(NC(=O)C2CCCN(Cc3ccccc3)C2)cc1S(=O)(=O)N1CCCC1. The molecule has 1 amide bonds. The van der Waals surface area contributed by atoms with Gasteiger partial charge >= 0.3 is 0 Å². The number of nitrogens with one attached hydrogen (secondary N) is 1. The second-order valence-corrected chi connectivity index (χ2v) is 10.7. The van der Waals surface area contributed by atoms with Gasteiger partial charge in [-0.25, -0.2) is 8.42 Å². The smallest absolute Gasteiger partial charge is 0.246 e. The fraction of sp³-hybridized carbons (Fsp3) is 0.480. The highest BCUT2D eigenvalue weighted by Gasteiger charge is 2.31. The molecule has 2 heterocycles. The third-order valence-corrected chi connectivity index (χ3v) is 8.24. The standard InChI is InChI=1S/C25H33N3O4S/c1-2-32-23-13-12-22(17-24(23)33(30,31)28-15-6-7-16-28)26-25(29)21-11-8-14-27(19-21)18-20-9-4-3-5-10-20/h3-5,9-10,12-13,17,21H,2,6-8,11,14-16,18-19H2,1H3,(H,26,29). The predicted molar refractivity (Wildman–Crippen MR) is 129 cm³/mol. The van der Waals surface area contributed by atoms with Crippen LogP contribution in [0.2, 0.25) is 0 Å². The Bertz CT molecular complexity index is 1050. The van der Waals surface area contributed by atoms with Gasteiger partial charge in [0.25, 0.3) is 0 Å². The van der Waals surface area contributed by atoms with E-state index in [9.17, 15) is 13.2 Å². The van der Waals surface area contributed by atoms with Crippen LogP contribution in [-0.2, 0) is 21.4 Å². The molecule has 1 N–H and O–H groups in total. The third-order valence-electron chi connectivity index (χ3n) is 6.32. The maximum Gasteiger partial charge on any atom is 0.246 e. The van der Waals surface area contributed by atoms with E-state index < -0.39 is 10.0 Å². The van der Waals surface area contributed by atoms with Gasteiger partial charge in [-0.2, -0.15) is 4.31 Å². The van der Waals surface area contributed by atoms with Crippen molar-refractivity contribution >= 4 is 21.6 Å². The number of rotatable bonds is 8. The first-order chi connectivity index (χ1) is 16.0. The fourth-order valence-electron chi connectivity index (χ4n) is 4.63. The van der Waals surface area contributed by atoms with Crippen molar-refractivity contribution in [1.29, 1.82) is 0 Å². The third kappa shape index (κ3) is 5.75. The van der Waals surface area contributed by atoms with E-state index in [4.69, 9.17) is 4.74 Å². The number of carbonyl (C=O) groups is 1. The maximum absolute atomic E-state index is 13.2. The lowest BCUT2D eigenvalue weighted by Crippen LogP contribution is -2.40. The Morgan fingerprint density at radius 1 is 1.06 bits per heavy atom. The molecule has 7 nitrogen and oxygen atoms in total. The van der Waals surface area contributed by atoms with Crippen LogP contribution >= 0.6 is 0 Å². The van der Waals surface area contributed by atoms with E-state index in [0.29, 0.717) is 37.7 Å². The molecule has 2 aliphatic rings. The molecule has 8 heteroatoms. The van der Waals surface area contributed by atoms with Crippen LogP contribution < -0.4 is 10.1 Å². The van der Waals surface area contributed by atoms with Gasteiger partial charge in [-0.1, -0.05) is 30.3 Å². The lowest BCUT2D eigenvalue weighted by molar-refractivity contribution is -0.121. The number of sulfonamides is 1. The summed E-state index contributed by atoms with van der Waals surface area (Å²) in [5.74, 6) is 0.128. The molecular formula is C25H33N3O4S. The highest BCUT2D eigenvalue weighted by Crippen LogP contribution is 2.32. The molecule has 0 aliphatic carbocycles. The number of anilines is 1. The monoisotopic (exact) mass is 471 g/mol. The number of likely N-dealkylation sites (tertiary alicyclic amines) is 1. The number of carbonyl (C=O) groups excluding carboxylic acids is 1. The van der Waals surface area contributed by atoms with Crippen LogP contribution in [-0.4, -0.2) is 56.3 Å². The highest BCUT2D eigenvalue weighted by atomic mass is 32.2. The summed E-state index contributed by atoms with van der Waals surface area (Å²) in [6.45, 7) is 5.72. The molecule has 0 aromatic heterocycles. The lowest BCUT2D eigenvalue weighted by atomic mass is 9.96. The largest absolute Gasteiger partial charge is 0.492 e. The molecule has 0 bridgehead atoms. The van der Waals surface area contributed by atoms with Crippen LogP contribution in [0.25, 0.3) is 0 Å². The van der Waals surface area contributed by atoms with Crippen LogP contribution in [0.5, 0.6) is 5.75 Å². The zero-order valence-corrected chi connectivity index (χ0v) is 20.0. The summed E-state index contributed by atoms with van der Waals surface area (Å²) in [5, 5.41) is 2.96. The Morgan fingerprint density at radius 2 is 1.82 bits per heavy atom. The zero-order chi connectivity index (χ0) is 23.3. The van der Waals surface area contributed by atoms with Crippen LogP contribution in [0.1, 0.15) is 38.2 Å². The number of hydrogen-bond acceptors (Lipinski definition) is 5. The molecule has 2 fully saturated rings. The van der Waals surface area contributed by atoms with Gasteiger partial charge < -0.3 is 10.1 Å². The molecule has 2 aliphatic heterocycles. The van der Waals surface area contributed by atoms with Gasteiger partial charge in [0.2, 0.25) is 15.9 Å². The summed E-state index contributed by atoms with van der Waals surface area (Å²) in [4.78, 5) is 15.5. The van der Waals surface area contributed by atoms with Crippen molar-refractivity contribution in [3.8, 4) is 5.75 Å². The van der Waals surface area contributed by atoms with Crippen molar-refractivity contribution in [1.82, 2.24) is 9.21 Å². The lowest BCUT2D eigenvalue weighted by Gasteiger charge is -2.32. The minimum Gasteiger partial charge on any atom is -0.492 e. The first-order valence-corrected chi connectivity index (χ1v) is 13.3. The quantitative estimate of drug-likeness (QED) is 0.635. The Balaban J connectivity index is 1.47. The minimum atomic E-state index is -3.67. The van der Waals surface area contributed by atoms with E-state index in [1.165, 1.54) is 9.87 Å². The van der Waals surface area contributed by atoms with Crippen LogP contribution in [0.3, 0.4) is 0 Å². The Morgan fingerprint density at radius 3 is 2.55 bits per heavy atom. The molecule has 0 spiro atoms. The summed E-state index contributed by atoms with van der Waals surface area (Å²) < 4.78 is 33.5. The van der Waals surface area contributed by atoms with Crippen LogP contribution in [0, 0.1) is 5.92 Å². The fourth-order valence-corrected chi connectivity index (χ4v) is 6.30. The summed E-state index contributed by atoms with van der Waals surface area (Å²) in [6, 6.07) is 15.2. The minimum absolute atomic E-state index is 0.0681. The first kappa shape index (κ1) is 23.7. The Labute approximate surface area is 196 Å². The van der Waals surface area contributed by atoms with Crippen molar-refractivity contribution in [2.24, 2.45) is 5.92 Å². The molecule has 178 valence electrons. The van der Waals surface area contributed by atoms with Gasteiger partial charge in [-0.05, 0) is 62.9 Å². The van der Waals surface area contributed by atoms with Crippen molar-refractivity contribution < 1.29 is 17.9 Å². The summed E-state index contributed by atoms with van der Waals surface area (Å²) in [5.41, 5.74) is 1.73. The molecule has 1 atom stereocenters. The van der Waals surface area contributed by atoms with Gasteiger partial charge in [-0.3, -0.25) is 9.69 Å². The molecule has 1 unspecified atom stereocenters. The van der Waals surface area contributed by atoms with Crippen molar-refractivity contribution in [2.75, 3.05) is 38.1 Å². The zero-order valence-electron chi connectivity index (χ0n) is 19.2. The number of piperidine rings is 1. The average molecular weight is 472 g/mol. The van der Waals surface area contributed by atoms with E-state index in [1.54, 1.807) is 18.2 Å². The van der Waals surface area contributed by atoms with Gasteiger partial charge in [0.05, 0.1) is 12.5 Å². The van der Waals surface area contributed by atoms with Crippen LogP contribution in [0.4, 0.5) is 5.69 Å². The van der Waals surface area contributed by atoms with Gasteiger partial charge in [-0.15, -0.1) is 0 Å². The molecule has 33 heavy (non-hydrogen) atoms. The van der Waals surface area contributed by atoms with Crippen molar-refractivity contribution in [2.45, 2.75) is 44.0 Å². The molecule has 2 saturated heterocycles. The van der Waals surface area contributed by atoms with Crippen LogP contribution in [0.15, 0.2) is 53.4 Å². The van der Waals surface area contributed by atoms with Gasteiger partial charge in [0, 0.05) is 31.9 Å². The average Bonchev–Trinajstić information content (AvgIpc) is 3.37. The summed E-state index contributed by atoms with van der Waals surface area (Å²) in [7, 11) is -3.67. The maximum atomic E-state index is 13.2. The Kier molecular flexibility index (Phi) is 7.67. The molecule has 2 aromatic rings.